The van der Waals surface area contributed by atoms with Gasteiger partial charge >= 0.3 is 12.5 Å². The first-order valence-corrected chi connectivity index (χ1v) is 8.83. The number of aromatic nitrogens is 2. The first-order chi connectivity index (χ1) is 12.4. The standard InChI is InChI=1S/C16H21ClN4O5/c1-16(24)5-2-6-20(9-16)13-7-12(17)18-15(19-13)25-8-11-3-4-14(23)21(11)26-10-22/h7,10-11,24H,2-6,8-9H2,1H3/t11-,16+/m0/s1. The Labute approximate surface area is 155 Å². The summed E-state index contributed by atoms with van der Waals surface area (Å²) in [6.45, 7) is 3.28. The summed E-state index contributed by atoms with van der Waals surface area (Å²) in [5.41, 5.74) is -0.784. The van der Waals surface area contributed by atoms with Gasteiger partial charge in [0, 0.05) is 25.6 Å². The maximum Gasteiger partial charge on any atom is 0.320 e. The van der Waals surface area contributed by atoms with Crippen LogP contribution in [0.3, 0.4) is 0 Å². The highest BCUT2D eigenvalue weighted by atomic mass is 35.5. The summed E-state index contributed by atoms with van der Waals surface area (Å²) in [5, 5.41) is 11.5. The zero-order chi connectivity index (χ0) is 18.7. The van der Waals surface area contributed by atoms with Gasteiger partial charge in [-0.3, -0.25) is 9.59 Å². The van der Waals surface area contributed by atoms with Crippen molar-refractivity contribution in [3.05, 3.63) is 11.2 Å². The molecule has 3 rings (SSSR count). The van der Waals surface area contributed by atoms with Crippen LogP contribution in [0.1, 0.15) is 32.6 Å². The molecule has 0 aromatic carbocycles. The first kappa shape index (κ1) is 18.7. The number of hydrogen-bond acceptors (Lipinski definition) is 8. The number of anilines is 1. The topological polar surface area (TPSA) is 105 Å². The molecule has 0 spiro atoms. The fourth-order valence-electron chi connectivity index (χ4n) is 3.26. The van der Waals surface area contributed by atoms with E-state index in [4.69, 9.17) is 21.2 Å². The lowest BCUT2D eigenvalue weighted by atomic mass is 9.95. The van der Waals surface area contributed by atoms with Crippen molar-refractivity contribution in [2.24, 2.45) is 0 Å². The minimum atomic E-state index is -0.784. The number of carbonyl (C=O) groups excluding carboxylic acids is 2. The van der Waals surface area contributed by atoms with Crippen LogP contribution in [0.25, 0.3) is 0 Å². The summed E-state index contributed by atoms with van der Waals surface area (Å²) in [5.74, 6) is 0.303. The number of hydrogen-bond donors (Lipinski definition) is 1. The average Bonchev–Trinajstić information content (AvgIpc) is 2.92. The minimum absolute atomic E-state index is 0.0723. The van der Waals surface area contributed by atoms with Crippen LogP contribution in [0.15, 0.2) is 6.07 Å². The van der Waals surface area contributed by atoms with Gasteiger partial charge in [0.25, 0.3) is 5.91 Å². The molecule has 2 saturated heterocycles. The Morgan fingerprint density at radius 1 is 1.50 bits per heavy atom. The fourth-order valence-corrected chi connectivity index (χ4v) is 3.43. The molecule has 0 aliphatic carbocycles. The molecule has 2 atom stereocenters. The van der Waals surface area contributed by atoms with E-state index in [1.807, 2.05) is 4.90 Å². The number of amides is 1. The van der Waals surface area contributed by atoms with Crippen LogP contribution < -0.4 is 9.64 Å². The molecule has 2 aliphatic heterocycles. The Morgan fingerprint density at radius 3 is 3.04 bits per heavy atom. The van der Waals surface area contributed by atoms with Crippen molar-refractivity contribution in [2.45, 2.75) is 44.2 Å². The second kappa shape index (κ2) is 7.63. The van der Waals surface area contributed by atoms with Crippen LogP contribution >= 0.6 is 11.6 Å². The van der Waals surface area contributed by atoms with Crippen molar-refractivity contribution in [1.82, 2.24) is 15.0 Å². The van der Waals surface area contributed by atoms with Gasteiger partial charge < -0.3 is 19.6 Å². The molecule has 1 N–H and O–H groups in total. The van der Waals surface area contributed by atoms with E-state index in [0.717, 1.165) is 24.4 Å². The Balaban J connectivity index is 1.68. The number of carbonyl (C=O) groups is 2. The highest BCUT2D eigenvalue weighted by Crippen LogP contribution is 2.27. The van der Waals surface area contributed by atoms with Crippen molar-refractivity contribution in [2.75, 3.05) is 24.6 Å². The second-order valence-electron chi connectivity index (χ2n) is 6.78. The van der Waals surface area contributed by atoms with E-state index in [2.05, 4.69) is 9.97 Å². The predicted molar refractivity (Wildman–Crippen MR) is 91.6 cm³/mol. The van der Waals surface area contributed by atoms with Crippen LogP contribution in [-0.4, -0.2) is 63.9 Å². The highest BCUT2D eigenvalue weighted by Gasteiger charge is 2.34. The number of rotatable bonds is 6. The summed E-state index contributed by atoms with van der Waals surface area (Å²) in [7, 11) is 0. The van der Waals surface area contributed by atoms with Gasteiger partial charge in [-0.15, -0.1) is 0 Å². The van der Waals surface area contributed by atoms with E-state index in [-0.39, 0.29) is 36.6 Å². The zero-order valence-electron chi connectivity index (χ0n) is 14.4. The number of halogens is 1. The fraction of sp³-hybridized carbons (Fsp3) is 0.625. The third kappa shape index (κ3) is 4.34. The van der Waals surface area contributed by atoms with Crippen LogP contribution in [0.4, 0.5) is 5.82 Å². The number of β-amino-alcohol motifs (C(OH)–C–C–N with tert-alkyl or cyclic N) is 1. The third-order valence-electron chi connectivity index (χ3n) is 4.49. The molecular formula is C16H21ClN4O5. The van der Waals surface area contributed by atoms with E-state index >= 15 is 0 Å². The van der Waals surface area contributed by atoms with Gasteiger partial charge in [-0.1, -0.05) is 11.6 Å². The molecule has 2 aliphatic rings. The Kier molecular flexibility index (Phi) is 5.47. The van der Waals surface area contributed by atoms with Gasteiger partial charge in [-0.05, 0) is 26.2 Å². The summed E-state index contributed by atoms with van der Waals surface area (Å²) in [6.07, 6.45) is 2.36. The molecule has 3 heterocycles. The van der Waals surface area contributed by atoms with Crippen LogP contribution in [0, 0.1) is 0 Å². The molecule has 9 nitrogen and oxygen atoms in total. The Hall–Kier alpha value is -2.13. The number of nitrogens with zero attached hydrogens (tertiary/aromatic N) is 4. The van der Waals surface area contributed by atoms with Gasteiger partial charge in [0.1, 0.15) is 23.6 Å². The van der Waals surface area contributed by atoms with Gasteiger partial charge in [-0.25, -0.2) is 0 Å². The van der Waals surface area contributed by atoms with E-state index in [9.17, 15) is 14.7 Å². The predicted octanol–water partition coefficient (Wildman–Crippen LogP) is 0.939. The zero-order valence-corrected chi connectivity index (χ0v) is 15.2. The Bertz CT molecular complexity index is 687. The average molecular weight is 385 g/mol. The summed E-state index contributed by atoms with van der Waals surface area (Å²) in [6, 6.07) is 1.30. The maximum atomic E-state index is 11.7. The smallest absolute Gasteiger partial charge is 0.320 e. The lowest BCUT2D eigenvalue weighted by Crippen LogP contribution is -2.46. The molecule has 2 fully saturated rings. The van der Waals surface area contributed by atoms with Crippen LogP contribution in [0.2, 0.25) is 5.15 Å². The largest absolute Gasteiger partial charge is 0.461 e. The van der Waals surface area contributed by atoms with Crippen molar-refractivity contribution in [1.29, 1.82) is 0 Å². The molecule has 0 radical (unpaired) electrons. The summed E-state index contributed by atoms with van der Waals surface area (Å²) >= 11 is 6.08. The monoisotopic (exact) mass is 384 g/mol. The molecule has 1 aromatic rings. The van der Waals surface area contributed by atoms with E-state index in [0.29, 0.717) is 18.8 Å². The quantitative estimate of drug-likeness (QED) is 0.570. The Morgan fingerprint density at radius 2 is 2.31 bits per heavy atom. The third-order valence-corrected chi connectivity index (χ3v) is 4.68. The summed E-state index contributed by atoms with van der Waals surface area (Å²) in [4.78, 5) is 37.2. The maximum absolute atomic E-state index is 11.7. The SMILES string of the molecule is C[C@@]1(O)CCCN(c2cc(Cl)nc(OC[C@@H]3CCC(=O)N3OC=O)n2)C1. The molecule has 0 bridgehead atoms. The molecular weight excluding hydrogens is 364 g/mol. The van der Waals surface area contributed by atoms with Gasteiger partial charge in [0.2, 0.25) is 0 Å². The summed E-state index contributed by atoms with van der Waals surface area (Å²) < 4.78 is 5.59. The second-order valence-corrected chi connectivity index (χ2v) is 7.17. The van der Waals surface area contributed by atoms with Crippen molar-refractivity contribution < 1.29 is 24.3 Å². The van der Waals surface area contributed by atoms with Crippen molar-refractivity contribution in [3.8, 4) is 6.01 Å². The number of piperidine rings is 1. The lowest BCUT2D eigenvalue weighted by molar-refractivity contribution is -0.190. The van der Waals surface area contributed by atoms with Crippen molar-refractivity contribution in [3.63, 3.8) is 0 Å². The molecule has 1 aromatic heterocycles. The van der Waals surface area contributed by atoms with Gasteiger partial charge in [-0.2, -0.15) is 15.0 Å². The van der Waals surface area contributed by atoms with Crippen molar-refractivity contribution >= 4 is 29.8 Å². The number of aliphatic hydroxyl groups is 1. The van der Waals surface area contributed by atoms with E-state index < -0.39 is 11.6 Å². The highest BCUT2D eigenvalue weighted by molar-refractivity contribution is 6.29. The van der Waals surface area contributed by atoms with E-state index in [1.54, 1.807) is 13.0 Å². The van der Waals surface area contributed by atoms with Gasteiger partial charge in [0.15, 0.2) is 0 Å². The molecule has 10 heteroatoms. The van der Waals surface area contributed by atoms with Crippen LogP contribution in [0.5, 0.6) is 6.01 Å². The number of ether oxygens (including phenoxy) is 1. The normalized spacial score (nSPS) is 26.1. The molecule has 0 saturated carbocycles. The first-order valence-electron chi connectivity index (χ1n) is 8.45. The molecule has 1 amide bonds. The molecule has 26 heavy (non-hydrogen) atoms. The number of hydroxylamine groups is 2. The minimum Gasteiger partial charge on any atom is -0.461 e. The molecule has 0 unspecified atom stereocenters. The lowest BCUT2D eigenvalue weighted by Gasteiger charge is -2.37. The van der Waals surface area contributed by atoms with Crippen LogP contribution in [-0.2, 0) is 14.4 Å². The van der Waals surface area contributed by atoms with Gasteiger partial charge in [0.05, 0.1) is 5.60 Å². The van der Waals surface area contributed by atoms with E-state index in [1.165, 1.54) is 0 Å². The molecule has 142 valence electrons.